The molecule has 0 radical (unpaired) electrons. The zero-order valence-electron chi connectivity index (χ0n) is 8.70. The van der Waals surface area contributed by atoms with Crippen molar-refractivity contribution in [1.29, 1.82) is 5.26 Å². The molecular formula is C8H12N4O4. The summed E-state index contributed by atoms with van der Waals surface area (Å²) in [6.45, 7) is 1.56. The van der Waals surface area contributed by atoms with Gasteiger partial charge in [-0.15, -0.1) is 0 Å². The summed E-state index contributed by atoms with van der Waals surface area (Å²) in [5, 5.41) is 10.3. The molecule has 88 valence electrons. The van der Waals surface area contributed by atoms with Crippen molar-refractivity contribution >= 4 is 17.9 Å². The predicted molar refractivity (Wildman–Crippen MR) is 51.5 cm³/mol. The van der Waals surface area contributed by atoms with Crippen molar-refractivity contribution in [3.05, 3.63) is 0 Å². The van der Waals surface area contributed by atoms with Crippen molar-refractivity contribution in [2.24, 2.45) is 0 Å². The molecule has 0 saturated carbocycles. The fourth-order valence-corrected chi connectivity index (χ4v) is 0.651. The molecule has 0 fully saturated rings. The van der Waals surface area contributed by atoms with Crippen LogP contribution in [-0.2, 0) is 14.3 Å². The second-order valence-corrected chi connectivity index (χ2v) is 2.50. The van der Waals surface area contributed by atoms with E-state index < -0.39 is 17.9 Å². The molecular weight excluding hydrogens is 216 g/mol. The molecule has 0 aliphatic rings. The lowest BCUT2D eigenvalue weighted by molar-refractivity contribution is -0.141. The summed E-state index contributed by atoms with van der Waals surface area (Å²) in [5.74, 6) is -1.23. The van der Waals surface area contributed by atoms with Crippen molar-refractivity contribution in [3.63, 3.8) is 0 Å². The standard InChI is InChI=1S/C8H12N4O4/c1-2-16-7(14)5-10-8(15)12-11-6(13)3-4-9/h2-3,5H2,1H3,(H,11,13)(H2,10,12,15). The molecule has 0 saturated heterocycles. The summed E-state index contributed by atoms with van der Waals surface area (Å²) >= 11 is 0. The number of hydrazine groups is 1. The Bertz CT molecular complexity index is 310. The molecule has 8 nitrogen and oxygen atoms in total. The molecule has 0 heterocycles. The van der Waals surface area contributed by atoms with E-state index in [1.54, 1.807) is 13.0 Å². The van der Waals surface area contributed by atoms with E-state index in [1.807, 2.05) is 10.9 Å². The maximum Gasteiger partial charge on any atom is 0.333 e. The number of ether oxygens (including phenoxy) is 1. The van der Waals surface area contributed by atoms with Crippen LogP contribution < -0.4 is 16.2 Å². The first kappa shape index (κ1) is 13.7. The van der Waals surface area contributed by atoms with Gasteiger partial charge in [-0.1, -0.05) is 0 Å². The molecule has 0 rings (SSSR count). The van der Waals surface area contributed by atoms with E-state index in [1.165, 1.54) is 0 Å². The lowest BCUT2D eigenvalue weighted by Crippen LogP contribution is -2.48. The number of hydrogen-bond acceptors (Lipinski definition) is 5. The molecule has 0 atom stereocenters. The average molecular weight is 228 g/mol. The van der Waals surface area contributed by atoms with E-state index in [0.29, 0.717) is 0 Å². The summed E-state index contributed by atoms with van der Waals surface area (Å²) in [5.41, 5.74) is 3.92. The van der Waals surface area contributed by atoms with Gasteiger partial charge in [0.25, 0.3) is 5.91 Å². The van der Waals surface area contributed by atoms with E-state index in [-0.39, 0.29) is 19.6 Å². The fraction of sp³-hybridized carbons (Fsp3) is 0.500. The maximum atomic E-state index is 10.9. The Labute approximate surface area is 91.9 Å². The van der Waals surface area contributed by atoms with Gasteiger partial charge in [0.1, 0.15) is 13.0 Å². The molecule has 0 bridgehead atoms. The zero-order chi connectivity index (χ0) is 12.4. The number of amides is 3. The third kappa shape index (κ3) is 7.14. The van der Waals surface area contributed by atoms with Crippen molar-refractivity contribution in [2.45, 2.75) is 13.3 Å². The molecule has 0 aliphatic heterocycles. The highest BCUT2D eigenvalue weighted by Crippen LogP contribution is 1.75. The van der Waals surface area contributed by atoms with Crippen molar-refractivity contribution < 1.29 is 19.1 Å². The van der Waals surface area contributed by atoms with Gasteiger partial charge in [-0.25, -0.2) is 10.2 Å². The van der Waals surface area contributed by atoms with Gasteiger partial charge in [0.05, 0.1) is 12.7 Å². The number of rotatable bonds is 4. The Hall–Kier alpha value is -2.30. The van der Waals surface area contributed by atoms with Gasteiger partial charge in [0.15, 0.2) is 0 Å². The van der Waals surface area contributed by atoms with Crippen molar-refractivity contribution in [1.82, 2.24) is 16.2 Å². The smallest absolute Gasteiger partial charge is 0.333 e. The Balaban J connectivity index is 3.64. The molecule has 0 aromatic carbocycles. The van der Waals surface area contributed by atoms with Crippen LogP contribution in [0.5, 0.6) is 0 Å². The van der Waals surface area contributed by atoms with Gasteiger partial charge in [0, 0.05) is 0 Å². The van der Waals surface area contributed by atoms with E-state index in [4.69, 9.17) is 5.26 Å². The zero-order valence-corrected chi connectivity index (χ0v) is 8.70. The second kappa shape index (κ2) is 8.05. The Kier molecular flexibility index (Phi) is 6.89. The maximum absolute atomic E-state index is 10.9. The first-order chi connectivity index (χ1) is 7.60. The van der Waals surface area contributed by atoms with Crippen LogP contribution in [0.3, 0.4) is 0 Å². The molecule has 0 spiro atoms. The molecule has 3 amide bonds. The minimum absolute atomic E-state index is 0.223. The lowest BCUT2D eigenvalue weighted by Gasteiger charge is -2.07. The van der Waals surface area contributed by atoms with Crippen LogP contribution in [-0.4, -0.2) is 31.1 Å². The molecule has 8 heteroatoms. The number of nitrogens with one attached hydrogen (secondary N) is 3. The highest BCUT2D eigenvalue weighted by atomic mass is 16.5. The summed E-state index contributed by atoms with van der Waals surface area (Å²) in [6.07, 6.45) is -0.363. The predicted octanol–water partition coefficient (Wildman–Crippen LogP) is -1.21. The topological polar surface area (TPSA) is 120 Å². The van der Waals surface area contributed by atoms with Gasteiger partial charge in [-0.05, 0) is 6.92 Å². The van der Waals surface area contributed by atoms with Gasteiger partial charge in [-0.2, -0.15) is 5.26 Å². The SMILES string of the molecule is CCOC(=O)CNC(=O)NNC(=O)CC#N. The monoisotopic (exact) mass is 228 g/mol. The minimum Gasteiger partial charge on any atom is -0.465 e. The Morgan fingerprint density at radius 1 is 1.31 bits per heavy atom. The first-order valence-corrected chi connectivity index (χ1v) is 4.45. The van der Waals surface area contributed by atoms with Crippen LogP contribution in [0.4, 0.5) is 4.79 Å². The number of esters is 1. The quantitative estimate of drug-likeness (QED) is 0.412. The summed E-state index contributed by atoms with van der Waals surface area (Å²) in [4.78, 5) is 32.4. The summed E-state index contributed by atoms with van der Waals surface area (Å²) in [7, 11) is 0. The normalized spacial score (nSPS) is 8.50. The largest absolute Gasteiger partial charge is 0.465 e. The van der Waals surface area contributed by atoms with E-state index in [9.17, 15) is 14.4 Å². The van der Waals surface area contributed by atoms with Crippen LogP contribution >= 0.6 is 0 Å². The minimum atomic E-state index is -0.764. The van der Waals surface area contributed by atoms with Crippen molar-refractivity contribution in [3.8, 4) is 6.07 Å². The third-order valence-corrected chi connectivity index (χ3v) is 1.25. The highest BCUT2D eigenvalue weighted by molar-refractivity contribution is 5.84. The van der Waals surface area contributed by atoms with Gasteiger partial charge < -0.3 is 10.1 Å². The number of nitriles is 1. The van der Waals surface area contributed by atoms with E-state index in [2.05, 4.69) is 10.1 Å². The summed E-state index contributed by atoms with van der Waals surface area (Å²) < 4.78 is 4.54. The van der Waals surface area contributed by atoms with Crippen LogP contribution in [0.1, 0.15) is 13.3 Å². The molecule has 3 N–H and O–H groups in total. The fourth-order valence-electron chi connectivity index (χ4n) is 0.651. The van der Waals surface area contributed by atoms with E-state index >= 15 is 0 Å². The van der Waals surface area contributed by atoms with Gasteiger partial charge in [-0.3, -0.25) is 15.0 Å². The molecule has 0 unspecified atom stereocenters. The lowest BCUT2D eigenvalue weighted by atomic mass is 10.5. The Morgan fingerprint density at radius 2 is 2.00 bits per heavy atom. The Morgan fingerprint density at radius 3 is 2.56 bits per heavy atom. The average Bonchev–Trinajstić information content (AvgIpc) is 2.24. The second-order valence-electron chi connectivity index (χ2n) is 2.50. The first-order valence-electron chi connectivity index (χ1n) is 4.45. The van der Waals surface area contributed by atoms with E-state index in [0.717, 1.165) is 0 Å². The van der Waals surface area contributed by atoms with Crippen LogP contribution in [0.25, 0.3) is 0 Å². The van der Waals surface area contributed by atoms with Crippen LogP contribution in [0.15, 0.2) is 0 Å². The van der Waals surface area contributed by atoms with Gasteiger partial charge >= 0.3 is 12.0 Å². The van der Waals surface area contributed by atoms with Gasteiger partial charge in [0.2, 0.25) is 0 Å². The number of nitrogens with zero attached hydrogens (tertiary/aromatic N) is 1. The number of carbonyl (C=O) groups is 3. The molecule has 0 aliphatic carbocycles. The highest BCUT2D eigenvalue weighted by Gasteiger charge is 2.06. The molecule has 0 aromatic heterocycles. The van der Waals surface area contributed by atoms with Crippen LogP contribution in [0, 0.1) is 11.3 Å². The number of urea groups is 1. The summed E-state index contributed by atoms with van der Waals surface area (Å²) in [6, 6.07) is 0.836. The van der Waals surface area contributed by atoms with Crippen molar-refractivity contribution in [2.75, 3.05) is 13.2 Å². The third-order valence-electron chi connectivity index (χ3n) is 1.25. The van der Waals surface area contributed by atoms with Crippen LogP contribution in [0.2, 0.25) is 0 Å². The molecule has 0 aromatic rings. The molecule has 16 heavy (non-hydrogen) atoms. The number of carbonyl (C=O) groups excluding carboxylic acids is 3. The number of hydrogen-bond donors (Lipinski definition) is 3.